The van der Waals surface area contributed by atoms with Crippen LogP contribution in [-0.4, -0.2) is 63.1 Å². The highest BCUT2D eigenvalue weighted by atomic mass is 32.2. The molecule has 0 amide bonds. The summed E-state index contributed by atoms with van der Waals surface area (Å²) in [6.07, 6.45) is 3.43. The van der Waals surface area contributed by atoms with Gasteiger partial charge in [0.05, 0.1) is 6.26 Å². The summed E-state index contributed by atoms with van der Waals surface area (Å²) in [6.45, 7) is 8.89. The first kappa shape index (κ1) is 15.9. The highest BCUT2D eigenvalue weighted by Gasteiger charge is 2.30. The maximum absolute atomic E-state index is 11.4. The lowest BCUT2D eigenvalue weighted by Crippen LogP contribution is -2.52. The van der Waals surface area contributed by atoms with Gasteiger partial charge in [-0.15, -0.1) is 0 Å². The van der Waals surface area contributed by atoms with Gasteiger partial charge in [0.1, 0.15) is 0 Å². The number of hydrogen-bond acceptors (Lipinski definition) is 4. The number of hydrogen-bond donors (Lipinski definition) is 1. The molecule has 0 saturated carbocycles. The highest BCUT2D eigenvalue weighted by Crippen LogP contribution is 2.26. The molecule has 0 unspecified atom stereocenters. The average molecular weight is 277 g/mol. The molecule has 2 N–H and O–H groups in total. The van der Waals surface area contributed by atoms with E-state index >= 15 is 0 Å². The highest BCUT2D eigenvalue weighted by molar-refractivity contribution is 7.88. The fraction of sp³-hybridized carbons (Fsp3) is 1.00. The smallest absolute Gasteiger partial charge is 0.211 e. The standard InChI is InChI=1S/C12H27N3O2S/c1-4-12(5-2,10-13)11-14-6-8-15(9-7-14)18(3,16)17/h4-11,13H2,1-3H3. The Labute approximate surface area is 111 Å². The number of nitrogens with zero attached hydrogens (tertiary/aromatic N) is 2. The van der Waals surface area contributed by atoms with Crippen LogP contribution in [0.15, 0.2) is 0 Å². The van der Waals surface area contributed by atoms with E-state index in [0.717, 1.165) is 32.5 Å². The topological polar surface area (TPSA) is 66.6 Å². The fourth-order valence-corrected chi connectivity index (χ4v) is 3.35. The molecule has 108 valence electrons. The molecule has 0 bridgehead atoms. The van der Waals surface area contributed by atoms with Gasteiger partial charge >= 0.3 is 0 Å². The van der Waals surface area contributed by atoms with Crippen LogP contribution >= 0.6 is 0 Å². The molecule has 0 atom stereocenters. The van der Waals surface area contributed by atoms with Crippen LogP contribution in [0.4, 0.5) is 0 Å². The van der Waals surface area contributed by atoms with E-state index in [-0.39, 0.29) is 5.41 Å². The first-order valence-corrected chi connectivity index (χ1v) is 8.59. The normalized spacial score (nSPS) is 20.2. The Morgan fingerprint density at radius 2 is 1.61 bits per heavy atom. The van der Waals surface area contributed by atoms with E-state index in [0.29, 0.717) is 19.6 Å². The van der Waals surface area contributed by atoms with Crippen molar-refractivity contribution >= 4 is 10.0 Å². The minimum Gasteiger partial charge on any atom is -0.330 e. The van der Waals surface area contributed by atoms with Crippen LogP contribution in [-0.2, 0) is 10.0 Å². The molecule has 6 heteroatoms. The monoisotopic (exact) mass is 277 g/mol. The van der Waals surface area contributed by atoms with Gasteiger partial charge < -0.3 is 10.6 Å². The van der Waals surface area contributed by atoms with Crippen molar-refractivity contribution in [2.24, 2.45) is 11.1 Å². The van der Waals surface area contributed by atoms with Crippen molar-refractivity contribution in [3.05, 3.63) is 0 Å². The molecule has 18 heavy (non-hydrogen) atoms. The van der Waals surface area contributed by atoms with Crippen LogP contribution in [0.1, 0.15) is 26.7 Å². The molecule has 0 aromatic rings. The molecular weight excluding hydrogens is 250 g/mol. The summed E-state index contributed by atoms with van der Waals surface area (Å²) in [7, 11) is -3.03. The lowest BCUT2D eigenvalue weighted by Gasteiger charge is -2.40. The van der Waals surface area contributed by atoms with Gasteiger partial charge in [-0.3, -0.25) is 0 Å². The molecule has 0 spiro atoms. The Morgan fingerprint density at radius 3 is 1.94 bits per heavy atom. The van der Waals surface area contributed by atoms with Gasteiger partial charge in [0.2, 0.25) is 10.0 Å². The first-order valence-electron chi connectivity index (χ1n) is 6.74. The largest absolute Gasteiger partial charge is 0.330 e. The van der Waals surface area contributed by atoms with Gasteiger partial charge in [-0.2, -0.15) is 4.31 Å². The Bertz CT molecular complexity index is 336. The SMILES string of the molecule is CCC(CC)(CN)CN1CCN(S(C)(=O)=O)CC1. The van der Waals surface area contributed by atoms with Crippen molar-refractivity contribution in [3.63, 3.8) is 0 Å². The number of nitrogens with two attached hydrogens (primary N) is 1. The van der Waals surface area contributed by atoms with Crippen molar-refractivity contribution in [1.82, 2.24) is 9.21 Å². The van der Waals surface area contributed by atoms with Crippen molar-refractivity contribution in [1.29, 1.82) is 0 Å². The van der Waals surface area contributed by atoms with E-state index in [1.807, 2.05) is 0 Å². The van der Waals surface area contributed by atoms with Crippen molar-refractivity contribution in [2.75, 3.05) is 45.5 Å². The zero-order valence-corrected chi connectivity index (χ0v) is 12.7. The number of piperazine rings is 1. The Kier molecular flexibility index (Phi) is 5.58. The third kappa shape index (κ3) is 3.91. The van der Waals surface area contributed by atoms with Crippen LogP contribution in [0.2, 0.25) is 0 Å². The summed E-state index contributed by atoms with van der Waals surface area (Å²) in [5.41, 5.74) is 6.10. The van der Waals surface area contributed by atoms with Crippen LogP contribution in [0.3, 0.4) is 0 Å². The first-order chi connectivity index (χ1) is 8.37. The molecule has 1 aliphatic rings. The summed E-state index contributed by atoms with van der Waals surface area (Å²) in [5.74, 6) is 0. The second kappa shape index (κ2) is 6.32. The molecule has 1 rings (SSSR count). The Balaban J connectivity index is 2.53. The molecule has 0 aliphatic carbocycles. The summed E-state index contributed by atoms with van der Waals surface area (Å²) in [6, 6.07) is 0. The van der Waals surface area contributed by atoms with Crippen molar-refractivity contribution in [3.8, 4) is 0 Å². The summed E-state index contributed by atoms with van der Waals surface area (Å²) >= 11 is 0. The lowest BCUT2D eigenvalue weighted by molar-refractivity contribution is 0.110. The minimum absolute atomic E-state index is 0.188. The third-order valence-corrected chi connectivity index (χ3v) is 5.60. The second-order valence-electron chi connectivity index (χ2n) is 5.35. The van der Waals surface area contributed by atoms with Gasteiger partial charge in [-0.25, -0.2) is 8.42 Å². The van der Waals surface area contributed by atoms with E-state index < -0.39 is 10.0 Å². The maximum atomic E-state index is 11.4. The molecule has 1 saturated heterocycles. The van der Waals surface area contributed by atoms with E-state index in [1.54, 1.807) is 4.31 Å². The van der Waals surface area contributed by atoms with E-state index in [9.17, 15) is 8.42 Å². The zero-order valence-electron chi connectivity index (χ0n) is 11.9. The predicted octanol–water partition coefficient (Wildman–Crippen LogP) is 0.329. The van der Waals surface area contributed by atoms with E-state index in [1.165, 1.54) is 6.26 Å². The van der Waals surface area contributed by atoms with E-state index in [2.05, 4.69) is 18.7 Å². The van der Waals surface area contributed by atoms with Crippen LogP contribution in [0, 0.1) is 5.41 Å². The van der Waals surface area contributed by atoms with Gasteiger partial charge in [-0.05, 0) is 24.8 Å². The molecule has 1 fully saturated rings. The molecular formula is C12H27N3O2S. The molecule has 0 radical (unpaired) electrons. The van der Waals surface area contributed by atoms with E-state index in [4.69, 9.17) is 5.73 Å². The fourth-order valence-electron chi connectivity index (χ4n) is 2.52. The lowest BCUT2D eigenvalue weighted by atomic mass is 9.82. The zero-order chi connectivity index (χ0) is 13.8. The Morgan fingerprint density at radius 1 is 1.11 bits per heavy atom. The molecule has 5 nitrogen and oxygen atoms in total. The second-order valence-corrected chi connectivity index (χ2v) is 7.33. The van der Waals surface area contributed by atoms with Gasteiger partial charge in [-0.1, -0.05) is 13.8 Å². The molecule has 0 aromatic carbocycles. The third-order valence-electron chi connectivity index (χ3n) is 4.29. The number of rotatable bonds is 6. The number of sulfonamides is 1. The molecule has 1 aliphatic heterocycles. The quantitative estimate of drug-likeness (QED) is 0.760. The van der Waals surface area contributed by atoms with Gasteiger partial charge in [0.15, 0.2) is 0 Å². The minimum atomic E-state index is -3.03. The summed E-state index contributed by atoms with van der Waals surface area (Å²) < 4.78 is 24.4. The summed E-state index contributed by atoms with van der Waals surface area (Å²) in [5, 5.41) is 0. The molecule has 0 aromatic heterocycles. The molecule has 1 heterocycles. The van der Waals surface area contributed by atoms with Gasteiger partial charge in [0.25, 0.3) is 0 Å². The predicted molar refractivity (Wildman–Crippen MR) is 74.9 cm³/mol. The maximum Gasteiger partial charge on any atom is 0.211 e. The van der Waals surface area contributed by atoms with Gasteiger partial charge in [0, 0.05) is 32.7 Å². The van der Waals surface area contributed by atoms with Crippen molar-refractivity contribution in [2.45, 2.75) is 26.7 Å². The summed E-state index contributed by atoms with van der Waals surface area (Å²) in [4.78, 5) is 2.35. The van der Waals surface area contributed by atoms with Crippen LogP contribution in [0.25, 0.3) is 0 Å². The van der Waals surface area contributed by atoms with Crippen molar-refractivity contribution < 1.29 is 8.42 Å². The van der Waals surface area contributed by atoms with Crippen LogP contribution < -0.4 is 5.73 Å². The van der Waals surface area contributed by atoms with Crippen LogP contribution in [0.5, 0.6) is 0 Å². The average Bonchev–Trinajstić information content (AvgIpc) is 2.36. The Hall–Kier alpha value is -0.170.